The van der Waals surface area contributed by atoms with Gasteiger partial charge in [0.25, 0.3) is 0 Å². The summed E-state index contributed by atoms with van der Waals surface area (Å²) in [7, 11) is 1.73. The number of methoxy groups -OCH3 is 1. The molecule has 1 aromatic carbocycles. The van der Waals surface area contributed by atoms with E-state index in [4.69, 9.17) is 10.5 Å². The molecule has 1 aliphatic rings. The molecule has 0 aliphatic carbocycles. The molecule has 3 heteroatoms. The van der Waals surface area contributed by atoms with Crippen LogP contribution in [0, 0.1) is 5.92 Å². The minimum atomic E-state index is 0.547. The Morgan fingerprint density at radius 2 is 2.40 bits per heavy atom. The number of nitrogens with two attached hydrogens (primary N) is 1. The first-order valence-electron chi connectivity index (χ1n) is 5.27. The maximum Gasteiger partial charge on any atom is 0.132 e. The lowest BCUT2D eigenvalue weighted by molar-refractivity contribution is 0.402. The highest BCUT2D eigenvalue weighted by Crippen LogP contribution is 2.47. The van der Waals surface area contributed by atoms with Gasteiger partial charge in [-0.15, -0.1) is 11.8 Å². The van der Waals surface area contributed by atoms with Gasteiger partial charge in [-0.05, 0) is 30.0 Å². The molecule has 82 valence electrons. The molecule has 1 aliphatic heterocycles. The van der Waals surface area contributed by atoms with E-state index in [1.54, 1.807) is 7.11 Å². The van der Waals surface area contributed by atoms with Crippen molar-refractivity contribution in [3.63, 3.8) is 0 Å². The van der Waals surface area contributed by atoms with Crippen molar-refractivity contribution in [1.82, 2.24) is 0 Å². The van der Waals surface area contributed by atoms with Gasteiger partial charge in [-0.3, -0.25) is 0 Å². The standard InChI is InChI=1S/C12H17NOS/c1-8(6-13)10-7-15-12-9(10)4-3-5-11(12)14-2/h3-5,8,10H,6-7,13H2,1-2H3. The number of ether oxygens (including phenoxy) is 1. The molecule has 1 heterocycles. The molecule has 0 bridgehead atoms. The third-order valence-corrected chi connectivity index (χ3v) is 4.35. The van der Waals surface area contributed by atoms with Crippen LogP contribution in [0.3, 0.4) is 0 Å². The summed E-state index contributed by atoms with van der Waals surface area (Å²) in [6.07, 6.45) is 0. The molecular weight excluding hydrogens is 206 g/mol. The zero-order chi connectivity index (χ0) is 10.8. The van der Waals surface area contributed by atoms with Crippen molar-refractivity contribution < 1.29 is 4.74 Å². The molecular formula is C12H17NOS. The normalized spacial score (nSPS) is 21.1. The summed E-state index contributed by atoms with van der Waals surface area (Å²) in [5.41, 5.74) is 7.15. The Balaban J connectivity index is 2.35. The fraction of sp³-hybridized carbons (Fsp3) is 0.500. The fourth-order valence-electron chi connectivity index (χ4n) is 2.04. The van der Waals surface area contributed by atoms with Crippen LogP contribution in [-0.2, 0) is 0 Å². The number of benzene rings is 1. The van der Waals surface area contributed by atoms with Gasteiger partial charge >= 0.3 is 0 Å². The topological polar surface area (TPSA) is 35.2 Å². The maximum atomic E-state index is 5.74. The number of fused-ring (bicyclic) bond motifs is 1. The van der Waals surface area contributed by atoms with Crippen LogP contribution in [0.25, 0.3) is 0 Å². The molecule has 1 aromatic rings. The van der Waals surface area contributed by atoms with Crippen LogP contribution in [0.15, 0.2) is 23.1 Å². The Morgan fingerprint density at radius 3 is 3.07 bits per heavy atom. The van der Waals surface area contributed by atoms with Crippen LogP contribution in [0.4, 0.5) is 0 Å². The summed E-state index contributed by atoms with van der Waals surface area (Å²) in [5, 5.41) is 0. The van der Waals surface area contributed by atoms with E-state index in [9.17, 15) is 0 Å². The highest BCUT2D eigenvalue weighted by Gasteiger charge is 2.29. The molecule has 2 nitrogen and oxygen atoms in total. The maximum absolute atomic E-state index is 5.74. The van der Waals surface area contributed by atoms with E-state index in [0.717, 1.165) is 18.0 Å². The molecule has 0 spiro atoms. The first-order chi connectivity index (χ1) is 7.27. The number of thioether (sulfide) groups is 1. The zero-order valence-corrected chi connectivity index (χ0v) is 10.0. The monoisotopic (exact) mass is 223 g/mol. The highest BCUT2D eigenvalue weighted by molar-refractivity contribution is 7.99. The van der Waals surface area contributed by atoms with Gasteiger partial charge in [-0.1, -0.05) is 19.1 Å². The third-order valence-electron chi connectivity index (χ3n) is 3.09. The summed E-state index contributed by atoms with van der Waals surface area (Å²) in [4.78, 5) is 1.31. The molecule has 0 radical (unpaired) electrons. The summed E-state index contributed by atoms with van der Waals surface area (Å²) in [6.45, 7) is 2.97. The summed E-state index contributed by atoms with van der Waals surface area (Å²) < 4.78 is 5.37. The minimum Gasteiger partial charge on any atom is -0.496 e. The molecule has 0 saturated heterocycles. The Morgan fingerprint density at radius 1 is 1.60 bits per heavy atom. The Bertz CT molecular complexity index is 353. The molecule has 0 saturated carbocycles. The Hall–Kier alpha value is -0.670. The van der Waals surface area contributed by atoms with Crippen LogP contribution in [0.5, 0.6) is 5.75 Å². The van der Waals surface area contributed by atoms with Gasteiger partial charge in [-0.2, -0.15) is 0 Å². The molecule has 0 fully saturated rings. The second-order valence-corrected chi connectivity index (χ2v) is 5.04. The van der Waals surface area contributed by atoms with Crippen molar-refractivity contribution in [1.29, 1.82) is 0 Å². The van der Waals surface area contributed by atoms with E-state index < -0.39 is 0 Å². The smallest absolute Gasteiger partial charge is 0.132 e. The van der Waals surface area contributed by atoms with Gasteiger partial charge in [0.1, 0.15) is 5.75 Å². The molecule has 2 unspecified atom stereocenters. The van der Waals surface area contributed by atoms with E-state index in [1.165, 1.54) is 10.5 Å². The van der Waals surface area contributed by atoms with E-state index in [2.05, 4.69) is 19.1 Å². The molecule has 0 amide bonds. The zero-order valence-electron chi connectivity index (χ0n) is 9.19. The van der Waals surface area contributed by atoms with E-state index in [-0.39, 0.29) is 0 Å². The lowest BCUT2D eigenvalue weighted by Gasteiger charge is -2.17. The average molecular weight is 223 g/mol. The van der Waals surface area contributed by atoms with Crippen molar-refractivity contribution in [3.05, 3.63) is 23.8 Å². The van der Waals surface area contributed by atoms with Gasteiger partial charge in [0.15, 0.2) is 0 Å². The van der Waals surface area contributed by atoms with E-state index >= 15 is 0 Å². The molecule has 2 rings (SSSR count). The summed E-state index contributed by atoms with van der Waals surface area (Å²) >= 11 is 1.89. The second-order valence-electron chi connectivity index (χ2n) is 4.01. The lowest BCUT2D eigenvalue weighted by Crippen LogP contribution is -2.18. The Kier molecular flexibility index (Phi) is 3.22. The summed E-state index contributed by atoms with van der Waals surface area (Å²) in [5.74, 6) is 3.27. The first kappa shape index (κ1) is 10.8. The van der Waals surface area contributed by atoms with Crippen LogP contribution in [0.1, 0.15) is 18.4 Å². The van der Waals surface area contributed by atoms with Crippen LogP contribution in [0.2, 0.25) is 0 Å². The van der Waals surface area contributed by atoms with Crippen LogP contribution in [-0.4, -0.2) is 19.4 Å². The van der Waals surface area contributed by atoms with E-state index in [1.807, 2.05) is 17.8 Å². The number of hydrogen-bond acceptors (Lipinski definition) is 3. The fourth-order valence-corrected chi connectivity index (χ4v) is 3.57. The van der Waals surface area contributed by atoms with Gasteiger partial charge in [-0.25, -0.2) is 0 Å². The average Bonchev–Trinajstić information content (AvgIpc) is 2.71. The lowest BCUT2D eigenvalue weighted by atomic mass is 9.89. The van der Waals surface area contributed by atoms with Gasteiger partial charge in [0.2, 0.25) is 0 Å². The predicted octanol–water partition coefficient (Wildman–Crippen LogP) is 2.48. The Labute approximate surface area is 95.2 Å². The van der Waals surface area contributed by atoms with E-state index in [0.29, 0.717) is 11.8 Å². The number of hydrogen-bond donors (Lipinski definition) is 1. The van der Waals surface area contributed by atoms with Crippen molar-refractivity contribution in [2.75, 3.05) is 19.4 Å². The molecule has 2 atom stereocenters. The van der Waals surface area contributed by atoms with Crippen molar-refractivity contribution in [2.45, 2.75) is 17.7 Å². The SMILES string of the molecule is COc1cccc2c1SCC2C(C)CN. The third kappa shape index (κ3) is 1.86. The molecule has 0 aromatic heterocycles. The van der Waals surface area contributed by atoms with Crippen molar-refractivity contribution in [3.8, 4) is 5.75 Å². The van der Waals surface area contributed by atoms with Gasteiger partial charge in [0.05, 0.1) is 12.0 Å². The van der Waals surface area contributed by atoms with Gasteiger partial charge < -0.3 is 10.5 Å². The molecule has 15 heavy (non-hydrogen) atoms. The highest BCUT2D eigenvalue weighted by atomic mass is 32.2. The van der Waals surface area contributed by atoms with Crippen molar-refractivity contribution in [2.24, 2.45) is 11.7 Å². The van der Waals surface area contributed by atoms with Crippen molar-refractivity contribution >= 4 is 11.8 Å². The largest absolute Gasteiger partial charge is 0.496 e. The predicted molar refractivity (Wildman–Crippen MR) is 64.7 cm³/mol. The first-order valence-corrected chi connectivity index (χ1v) is 6.26. The van der Waals surface area contributed by atoms with Crippen LogP contribution < -0.4 is 10.5 Å². The quantitative estimate of drug-likeness (QED) is 0.855. The summed E-state index contributed by atoms with van der Waals surface area (Å²) in [6, 6.07) is 6.30. The number of rotatable bonds is 3. The molecule has 2 N–H and O–H groups in total. The van der Waals surface area contributed by atoms with Gasteiger partial charge in [0, 0.05) is 5.75 Å². The minimum absolute atomic E-state index is 0.547. The second kappa shape index (κ2) is 4.45. The van der Waals surface area contributed by atoms with Crippen LogP contribution >= 0.6 is 11.8 Å².